The molecular formula is C24H22N2O7. The number of benzene rings is 2. The van der Waals surface area contributed by atoms with E-state index in [4.69, 9.17) is 18.6 Å². The van der Waals surface area contributed by atoms with Gasteiger partial charge in [-0.15, -0.1) is 0 Å². The highest BCUT2D eigenvalue weighted by molar-refractivity contribution is 5.94. The van der Waals surface area contributed by atoms with Crippen LogP contribution in [0.3, 0.4) is 0 Å². The van der Waals surface area contributed by atoms with Crippen molar-refractivity contribution in [2.45, 2.75) is 19.0 Å². The molecule has 4 rings (SSSR count). The van der Waals surface area contributed by atoms with Gasteiger partial charge < -0.3 is 29.3 Å². The zero-order chi connectivity index (χ0) is 23.0. The summed E-state index contributed by atoms with van der Waals surface area (Å²) in [7, 11) is 0. The normalized spacial score (nSPS) is 12.6. The standard InChI is InChI=1S/C24H22N2O7/c27-22(25-13-17-8-9-19-21(12-17)33-15-32-19)14-31-24(29)18(11-16-5-2-1-3-6-16)26-23(28)20-7-4-10-30-20/h1-10,12,18H,11,13-15H2,(H,25,27)(H,26,28). The fourth-order valence-electron chi connectivity index (χ4n) is 3.22. The van der Waals surface area contributed by atoms with E-state index in [0.29, 0.717) is 11.5 Å². The second-order valence-corrected chi connectivity index (χ2v) is 7.27. The number of rotatable bonds is 9. The summed E-state index contributed by atoms with van der Waals surface area (Å²) in [6, 6.07) is 16.6. The van der Waals surface area contributed by atoms with E-state index in [2.05, 4.69) is 10.6 Å². The lowest BCUT2D eigenvalue weighted by Gasteiger charge is -2.17. The molecule has 0 aliphatic carbocycles. The van der Waals surface area contributed by atoms with Gasteiger partial charge in [-0.1, -0.05) is 36.4 Å². The number of esters is 1. The summed E-state index contributed by atoms with van der Waals surface area (Å²) in [6.07, 6.45) is 1.56. The van der Waals surface area contributed by atoms with Gasteiger partial charge in [0, 0.05) is 13.0 Å². The number of carbonyl (C=O) groups is 3. The number of amides is 2. The largest absolute Gasteiger partial charge is 0.459 e. The summed E-state index contributed by atoms with van der Waals surface area (Å²) >= 11 is 0. The van der Waals surface area contributed by atoms with Gasteiger partial charge in [-0.3, -0.25) is 9.59 Å². The van der Waals surface area contributed by atoms with Gasteiger partial charge >= 0.3 is 5.97 Å². The summed E-state index contributed by atoms with van der Waals surface area (Å²) in [6.45, 7) is -0.0807. The van der Waals surface area contributed by atoms with E-state index in [9.17, 15) is 14.4 Å². The van der Waals surface area contributed by atoms with Crippen LogP contribution in [-0.2, 0) is 27.3 Å². The molecule has 2 aromatic carbocycles. The summed E-state index contributed by atoms with van der Waals surface area (Å²) in [5.41, 5.74) is 1.64. The van der Waals surface area contributed by atoms with Crippen LogP contribution < -0.4 is 20.1 Å². The molecule has 2 amide bonds. The van der Waals surface area contributed by atoms with E-state index in [1.165, 1.54) is 12.3 Å². The molecular weight excluding hydrogens is 428 g/mol. The maximum Gasteiger partial charge on any atom is 0.329 e. The van der Waals surface area contributed by atoms with Crippen LogP contribution in [0.25, 0.3) is 0 Å². The topological polar surface area (TPSA) is 116 Å². The Bertz CT molecular complexity index is 1110. The van der Waals surface area contributed by atoms with Crippen molar-refractivity contribution < 1.29 is 33.0 Å². The van der Waals surface area contributed by atoms with Crippen LogP contribution in [0.1, 0.15) is 21.7 Å². The summed E-state index contributed by atoms with van der Waals surface area (Å²) < 4.78 is 20.8. The third kappa shape index (κ3) is 5.91. The van der Waals surface area contributed by atoms with Gasteiger partial charge in [0.1, 0.15) is 6.04 Å². The number of furan rings is 1. The van der Waals surface area contributed by atoms with Crippen molar-refractivity contribution in [1.82, 2.24) is 10.6 Å². The molecule has 1 aliphatic heterocycles. The Kier molecular flexibility index (Phi) is 6.89. The van der Waals surface area contributed by atoms with Gasteiger partial charge in [0.25, 0.3) is 11.8 Å². The van der Waals surface area contributed by atoms with Crippen LogP contribution in [-0.4, -0.2) is 37.2 Å². The minimum absolute atomic E-state index is 0.0716. The fraction of sp³-hybridized carbons (Fsp3) is 0.208. The molecule has 170 valence electrons. The molecule has 0 radical (unpaired) electrons. The molecule has 0 bridgehead atoms. The molecule has 1 unspecified atom stereocenters. The smallest absolute Gasteiger partial charge is 0.329 e. The van der Waals surface area contributed by atoms with Gasteiger partial charge in [-0.2, -0.15) is 0 Å². The van der Waals surface area contributed by atoms with E-state index in [-0.39, 0.29) is 25.5 Å². The second-order valence-electron chi connectivity index (χ2n) is 7.27. The van der Waals surface area contributed by atoms with Crippen molar-refractivity contribution in [3.05, 3.63) is 83.8 Å². The van der Waals surface area contributed by atoms with Crippen LogP contribution in [0.15, 0.2) is 71.3 Å². The Morgan fingerprint density at radius 3 is 2.55 bits per heavy atom. The highest BCUT2D eigenvalue weighted by Crippen LogP contribution is 2.32. The number of fused-ring (bicyclic) bond motifs is 1. The Balaban J connectivity index is 1.31. The van der Waals surface area contributed by atoms with Gasteiger partial charge in [0.05, 0.1) is 6.26 Å². The van der Waals surface area contributed by atoms with Crippen molar-refractivity contribution in [3.63, 3.8) is 0 Å². The minimum atomic E-state index is -0.994. The highest BCUT2D eigenvalue weighted by atomic mass is 16.7. The van der Waals surface area contributed by atoms with E-state index in [1.807, 2.05) is 30.3 Å². The van der Waals surface area contributed by atoms with Crippen LogP contribution in [0.5, 0.6) is 11.5 Å². The molecule has 0 saturated carbocycles. The number of hydrogen-bond donors (Lipinski definition) is 2. The van der Waals surface area contributed by atoms with Crippen molar-refractivity contribution in [1.29, 1.82) is 0 Å². The Morgan fingerprint density at radius 2 is 1.76 bits per heavy atom. The third-order valence-corrected chi connectivity index (χ3v) is 4.89. The molecule has 2 heterocycles. The van der Waals surface area contributed by atoms with Gasteiger partial charge in [0.15, 0.2) is 23.9 Å². The van der Waals surface area contributed by atoms with Crippen molar-refractivity contribution >= 4 is 17.8 Å². The SMILES string of the molecule is O=C(COC(=O)C(Cc1ccccc1)NC(=O)c1ccco1)NCc1ccc2c(c1)OCO2. The first-order valence-corrected chi connectivity index (χ1v) is 10.3. The molecule has 9 heteroatoms. The molecule has 0 fully saturated rings. The lowest BCUT2D eigenvalue weighted by Crippen LogP contribution is -2.44. The molecule has 1 aromatic heterocycles. The molecule has 0 saturated heterocycles. The average Bonchev–Trinajstić information content (AvgIpc) is 3.53. The molecule has 1 atom stereocenters. The number of hydrogen-bond acceptors (Lipinski definition) is 7. The molecule has 9 nitrogen and oxygen atoms in total. The lowest BCUT2D eigenvalue weighted by atomic mass is 10.1. The average molecular weight is 450 g/mol. The third-order valence-electron chi connectivity index (χ3n) is 4.89. The first kappa shape index (κ1) is 21.9. The summed E-state index contributed by atoms with van der Waals surface area (Å²) in [4.78, 5) is 37.3. The van der Waals surface area contributed by atoms with E-state index < -0.39 is 30.4 Å². The Labute approximate surface area is 189 Å². The predicted molar refractivity (Wildman–Crippen MR) is 115 cm³/mol. The maximum atomic E-state index is 12.7. The van der Waals surface area contributed by atoms with Crippen LogP contribution >= 0.6 is 0 Å². The minimum Gasteiger partial charge on any atom is -0.459 e. The molecule has 2 N–H and O–H groups in total. The van der Waals surface area contributed by atoms with Crippen molar-refractivity contribution in [2.24, 2.45) is 0 Å². The summed E-state index contributed by atoms with van der Waals surface area (Å²) in [5.74, 6) is -0.411. The zero-order valence-electron chi connectivity index (χ0n) is 17.6. The van der Waals surface area contributed by atoms with Crippen LogP contribution in [0, 0.1) is 0 Å². The maximum absolute atomic E-state index is 12.7. The Hall–Kier alpha value is -4.27. The second kappa shape index (κ2) is 10.4. The molecule has 33 heavy (non-hydrogen) atoms. The fourth-order valence-corrected chi connectivity index (χ4v) is 3.22. The molecule has 0 spiro atoms. The summed E-state index contributed by atoms with van der Waals surface area (Å²) in [5, 5.41) is 5.29. The van der Waals surface area contributed by atoms with Crippen LogP contribution in [0.4, 0.5) is 0 Å². The van der Waals surface area contributed by atoms with E-state index in [1.54, 1.807) is 24.3 Å². The predicted octanol–water partition coefficient (Wildman–Crippen LogP) is 2.21. The van der Waals surface area contributed by atoms with Crippen molar-refractivity contribution in [2.75, 3.05) is 13.4 Å². The van der Waals surface area contributed by atoms with Gasteiger partial charge in [-0.25, -0.2) is 4.79 Å². The van der Waals surface area contributed by atoms with Gasteiger partial charge in [-0.05, 0) is 35.4 Å². The van der Waals surface area contributed by atoms with E-state index in [0.717, 1.165) is 11.1 Å². The quantitative estimate of drug-likeness (QED) is 0.480. The zero-order valence-corrected chi connectivity index (χ0v) is 17.6. The van der Waals surface area contributed by atoms with Crippen molar-refractivity contribution in [3.8, 4) is 11.5 Å². The first-order chi connectivity index (χ1) is 16.1. The number of nitrogens with one attached hydrogen (secondary N) is 2. The molecule has 1 aliphatic rings. The highest BCUT2D eigenvalue weighted by Gasteiger charge is 2.25. The van der Waals surface area contributed by atoms with Crippen LogP contribution in [0.2, 0.25) is 0 Å². The van der Waals surface area contributed by atoms with E-state index >= 15 is 0 Å². The number of carbonyl (C=O) groups excluding carboxylic acids is 3. The van der Waals surface area contributed by atoms with Gasteiger partial charge in [0.2, 0.25) is 6.79 Å². The number of ether oxygens (including phenoxy) is 3. The monoisotopic (exact) mass is 450 g/mol. The lowest BCUT2D eigenvalue weighted by molar-refractivity contribution is -0.150. The molecule has 3 aromatic rings. The Morgan fingerprint density at radius 1 is 0.939 bits per heavy atom. The first-order valence-electron chi connectivity index (χ1n) is 10.3.